The van der Waals surface area contributed by atoms with Crippen molar-refractivity contribution in [3.8, 4) is 0 Å². The zero-order chi connectivity index (χ0) is 13.8. The van der Waals surface area contributed by atoms with E-state index in [4.69, 9.17) is 4.98 Å². The molecule has 0 saturated heterocycles. The van der Waals surface area contributed by atoms with E-state index in [0.717, 1.165) is 40.6 Å². The summed E-state index contributed by atoms with van der Waals surface area (Å²) in [5, 5.41) is 10.2. The van der Waals surface area contributed by atoms with Gasteiger partial charge in [0.05, 0.1) is 11.1 Å². The summed E-state index contributed by atoms with van der Waals surface area (Å²) in [6.45, 7) is 6.12. The maximum Gasteiger partial charge on any atom is 0.336 e. The number of aryl methyl sites for hydroxylation is 2. The first-order valence-corrected chi connectivity index (χ1v) is 6.56. The average Bonchev–Trinajstić information content (AvgIpc) is 3.07. The quantitative estimate of drug-likeness (QED) is 0.892. The van der Waals surface area contributed by atoms with Crippen molar-refractivity contribution in [3.63, 3.8) is 0 Å². The summed E-state index contributed by atoms with van der Waals surface area (Å²) in [5.74, 6) is -0.872. The molecule has 1 heterocycles. The van der Waals surface area contributed by atoms with Gasteiger partial charge in [-0.3, -0.25) is 4.98 Å². The average molecular weight is 255 g/mol. The van der Waals surface area contributed by atoms with Crippen molar-refractivity contribution >= 4 is 16.9 Å². The Morgan fingerprint density at radius 1 is 1.26 bits per heavy atom. The zero-order valence-corrected chi connectivity index (χ0v) is 11.4. The molecule has 1 aromatic heterocycles. The van der Waals surface area contributed by atoms with E-state index >= 15 is 0 Å². The largest absolute Gasteiger partial charge is 0.478 e. The molecular weight excluding hydrogens is 238 g/mol. The van der Waals surface area contributed by atoms with E-state index in [1.54, 1.807) is 6.07 Å². The van der Waals surface area contributed by atoms with E-state index in [1.807, 2.05) is 19.9 Å². The van der Waals surface area contributed by atoms with Gasteiger partial charge in [0.2, 0.25) is 0 Å². The Labute approximate surface area is 112 Å². The minimum Gasteiger partial charge on any atom is -0.478 e. The number of carboxylic acids is 1. The Kier molecular flexibility index (Phi) is 2.43. The van der Waals surface area contributed by atoms with Gasteiger partial charge in [0.1, 0.15) is 0 Å². The van der Waals surface area contributed by atoms with Crippen LogP contribution in [-0.4, -0.2) is 16.1 Å². The van der Waals surface area contributed by atoms with Crippen LogP contribution in [0.2, 0.25) is 0 Å². The third kappa shape index (κ3) is 1.89. The molecule has 0 spiro atoms. The minimum absolute atomic E-state index is 0.0791. The smallest absolute Gasteiger partial charge is 0.336 e. The van der Waals surface area contributed by atoms with Crippen LogP contribution in [-0.2, 0) is 5.41 Å². The van der Waals surface area contributed by atoms with Crippen LogP contribution in [0.25, 0.3) is 10.9 Å². The van der Waals surface area contributed by atoms with E-state index in [0.29, 0.717) is 5.56 Å². The van der Waals surface area contributed by atoms with Crippen molar-refractivity contribution in [2.45, 2.75) is 39.0 Å². The predicted octanol–water partition coefficient (Wildman–Crippen LogP) is 3.60. The molecule has 0 atom stereocenters. The molecule has 1 aromatic carbocycles. The van der Waals surface area contributed by atoms with Gasteiger partial charge in [0.25, 0.3) is 0 Å². The van der Waals surface area contributed by atoms with Crippen LogP contribution in [0.4, 0.5) is 0 Å². The third-order valence-corrected chi connectivity index (χ3v) is 4.10. The van der Waals surface area contributed by atoms with Crippen LogP contribution in [0, 0.1) is 13.8 Å². The Morgan fingerprint density at radius 2 is 1.95 bits per heavy atom. The lowest BCUT2D eigenvalue weighted by Gasteiger charge is -2.13. The monoisotopic (exact) mass is 255 g/mol. The molecule has 1 aliphatic carbocycles. The standard InChI is InChI=1S/C16H17NO2/c1-9-6-10(2)14-11(7-9)12(15(18)19)8-13(17-14)16(3)4-5-16/h6-8H,4-5H2,1-3H3,(H,18,19). The van der Waals surface area contributed by atoms with Crippen LogP contribution in [0.1, 0.15) is 46.9 Å². The predicted molar refractivity (Wildman–Crippen MR) is 74.8 cm³/mol. The van der Waals surface area contributed by atoms with Crippen molar-refractivity contribution < 1.29 is 9.90 Å². The Morgan fingerprint density at radius 3 is 2.53 bits per heavy atom. The van der Waals surface area contributed by atoms with Gasteiger partial charge in [-0.25, -0.2) is 4.79 Å². The molecule has 1 saturated carbocycles. The number of aromatic nitrogens is 1. The fourth-order valence-electron chi connectivity index (χ4n) is 2.61. The van der Waals surface area contributed by atoms with Gasteiger partial charge >= 0.3 is 5.97 Å². The molecule has 98 valence electrons. The number of pyridine rings is 1. The Balaban J connectivity index is 2.38. The Hall–Kier alpha value is -1.90. The lowest BCUT2D eigenvalue weighted by molar-refractivity contribution is 0.0699. The van der Waals surface area contributed by atoms with Gasteiger partial charge in [-0.15, -0.1) is 0 Å². The molecule has 0 radical (unpaired) electrons. The summed E-state index contributed by atoms with van der Waals surface area (Å²) < 4.78 is 0. The van der Waals surface area contributed by atoms with Gasteiger partial charge in [-0.05, 0) is 44.4 Å². The molecule has 3 nitrogen and oxygen atoms in total. The lowest BCUT2D eigenvalue weighted by Crippen LogP contribution is -2.08. The summed E-state index contributed by atoms with van der Waals surface area (Å²) in [6, 6.07) is 5.73. The molecule has 0 bridgehead atoms. The summed E-state index contributed by atoms with van der Waals surface area (Å²) in [4.78, 5) is 16.2. The summed E-state index contributed by atoms with van der Waals surface area (Å²) in [6.07, 6.45) is 2.19. The van der Waals surface area contributed by atoms with E-state index in [2.05, 4.69) is 13.0 Å². The maximum atomic E-state index is 11.5. The van der Waals surface area contributed by atoms with Crippen molar-refractivity contribution in [1.29, 1.82) is 0 Å². The van der Waals surface area contributed by atoms with E-state index in [9.17, 15) is 9.90 Å². The van der Waals surface area contributed by atoms with Gasteiger partial charge in [0.15, 0.2) is 0 Å². The number of fused-ring (bicyclic) bond motifs is 1. The number of hydrogen-bond acceptors (Lipinski definition) is 2. The normalized spacial score (nSPS) is 16.6. The zero-order valence-electron chi connectivity index (χ0n) is 11.4. The highest BCUT2D eigenvalue weighted by molar-refractivity contribution is 6.03. The molecule has 19 heavy (non-hydrogen) atoms. The molecule has 1 aliphatic rings. The van der Waals surface area contributed by atoms with Crippen LogP contribution in [0.5, 0.6) is 0 Å². The molecule has 1 N–H and O–H groups in total. The van der Waals surface area contributed by atoms with Gasteiger partial charge < -0.3 is 5.11 Å². The number of benzene rings is 1. The highest BCUT2D eigenvalue weighted by Crippen LogP contribution is 2.47. The lowest BCUT2D eigenvalue weighted by atomic mass is 9.97. The number of rotatable bonds is 2. The highest BCUT2D eigenvalue weighted by Gasteiger charge is 2.41. The van der Waals surface area contributed by atoms with Crippen LogP contribution < -0.4 is 0 Å². The Bertz CT molecular complexity index is 699. The summed E-state index contributed by atoms with van der Waals surface area (Å²) in [5.41, 5.74) is 4.32. The topological polar surface area (TPSA) is 50.2 Å². The second-order valence-electron chi connectivity index (χ2n) is 5.90. The van der Waals surface area contributed by atoms with Gasteiger partial charge in [-0.1, -0.05) is 18.6 Å². The molecule has 1 fully saturated rings. The maximum absolute atomic E-state index is 11.5. The van der Waals surface area contributed by atoms with Gasteiger partial charge in [-0.2, -0.15) is 0 Å². The first kappa shape index (κ1) is 12.2. The molecule has 3 rings (SSSR count). The van der Waals surface area contributed by atoms with E-state index < -0.39 is 5.97 Å². The SMILES string of the molecule is Cc1cc(C)c2nc(C3(C)CC3)cc(C(=O)O)c2c1. The minimum atomic E-state index is -0.872. The summed E-state index contributed by atoms with van der Waals surface area (Å²) in [7, 11) is 0. The van der Waals surface area contributed by atoms with Crippen molar-refractivity contribution in [2.75, 3.05) is 0 Å². The highest BCUT2D eigenvalue weighted by atomic mass is 16.4. The molecule has 0 amide bonds. The molecule has 0 unspecified atom stereocenters. The van der Waals surface area contributed by atoms with Crippen LogP contribution >= 0.6 is 0 Å². The fourth-order valence-corrected chi connectivity index (χ4v) is 2.61. The molecular formula is C16H17NO2. The van der Waals surface area contributed by atoms with Gasteiger partial charge in [0, 0.05) is 16.5 Å². The number of carbonyl (C=O) groups is 1. The van der Waals surface area contributed by atoms with E-state index in [-0.39, 0.29) is 5.41 Å². The second-order valence-corrected chi connectivity index (χ2v) is 5.90. The molecule has 3 heteroatoms. The van der Waals surface area contributed by atoms with Crippen LogP contribution in [0.15, 0.2) is 18.2 Å². The van der Waals surface area contributed by atoms with Crippen molar-refractivity contribution in [1.82, 2.24) is 4.98 Å². The number of nitrogens with zero attached hydrogens (tertiary/aromatic N) is 1. The summed E-state index contributed by atoms with van der Waals surface area (Å²) >= 11 is 0. The first-order chi connectivity index (χ1) is 8.90. The van der Waals surface area contributed by atoms with E-state index in [1.165, 1.54) is 0 Å². The molecule has 0 aliphatic heterocycles. The fraction of sp³-hybridized carbons (Fsp3) is 0.375. The van der Waals surface area contributed by atoms with Crippen LogP contribution in [0.3, 0.4) is 0 Å². The number of aromatic carboxylic acids is 1. The first-order valence-electron chi connectivity index (χ1n) is 6.56. The van der Waals surface area contributed by atoms with Crippen molar-refractivity contribution in [2.24, 2.45) is 0 Å². The number of hydrogen-bond donors (Lipinski definition) is 1. The molecule has 2 aromatic rings. The number of carboxylic acid groups (broad SMARTS) is 1. The third-order valence-electron chi connectivity index (χ3n) is 4.10. The second kappa shape index (κ2) is 3.80. The van der Waals surface area contributed by atoms with Crippen molar-refractivity contribution in [3.05, 3.63) is 40.6 Å².